The standard InChI is InChI=1S/C10H16N4O/c1-2-14(9-3-4-9)7-10(15)13-8-5-11-12-6-8/h5-6,9H,2-4,7H2,1H3,(H,11,12)(H,13,15). The summed E-state index contributed by atoms with van der Waals surface area (Å²) in [7, 11) is 0. The molecule has 15 heavy (non-hydrogen) atoms. The second-order valence-corrected chi connectivity index (χ2v) is 3.83. The third-order valence-corrected chi connectivity index (χ3v) is 2.60. The van der Waals surface area contributed by atoms with Crippen LogP contribution in [0.1, 0.15) is 19.8 Å². The minimum atomic E-state index is 0.0325. The molecule has 1 aromatic rings. The lowest BCUT2D eigenvalue weighted by Crippen LogP contribution is -2.34. The minimum Gasteiger partial charge on any atom is -0.322 e. The summed E-state index contributed by atoms with van der Waals surface area (Å²) in [4.78, 5) is 13.8. The van der Waals surface area contributed by atoms with Crippen molar-refractivity contribution in [3.8, 4) is 0 Å². The molecule has 0 unspecified atom stereocenters. The topological polar surface area (TPSA) is 61.0 Å². The Morgan fingerprint density at radius 3 is 3.07 bits per heavy atom. The van der Waals surface area contributed by atoms with Crippen LogP contribution in [0.25, 0.3) is 0 Å². The zero-order valence-corrected chi connectivity index (χ0v) is 8.86. The van der Waals surface area contributed by atoms with Gasteiger partial charge in [-0.05, 0) is 19.4 Å². The van der Waals surface area contributed by atoms with Crippen molar-refractivity contribution in [2.75, 3.05) is 18.4 Å². The zero-order valence-electron chi connectivity index (χ0n) is 8.86. The number of hydrogen-bond acceptors (Lipinski definition) is 3. The number of nitrogens with zero attached hydrogens (tertiary/aromatic N) is 2. The van der Waals surface area contributed by atoms with Gasteiger partial charge in [-0.2, -0.15) is 5.10 Å². The van der Waals surface area contributed by atoms with Crippen LogP contribution in [0.15, 0.2) is 12.4 Å². The van der Waals surface area contributed by atoms with E-state index in [1.54, 1.807) is 12.4 Å². The van der Waals surface area contributed by atoms with Gasteiger partial charge in [0.15, 0.2) is 0 Å². The number of H-pyrrole nitrogens is 1. The van der Waals surface area contributed by atoms with E-state index in [1.807, 2.05) is 0 Å². The van der Waals surface area contributed by atoms with Crippen LogP contribution in [0.5, 0.6) is 0 Å². The van der Waals surface area contributed by atoms with E-state index in [9.17, 15) is 4.79 Å². The molecule has 82 valence electrons. The number of hydrogen-bond donors (Lipinski definition) is 2. The molecule has 0 aromatic carbocycles. The van der Waals surface area contributed by atoms with Crippen molar-refractivity contribution in [3.05, 3.63) is 12.4 Å². The van der Waals surface area contributed by atoms with Gasteiger partial charge >= 0.3 is 0 Å². The summed E-state index contributed by atoms with van der Waals surface area (Å²) < 4.78 is 0. The van der Waals surface area contributed by atoms with Gasteiger partial charge in [-0.1, -0.05) is 6.92 Å². The lowest BCUT2D eigenvalue weighted by atomic mass is 10.4. The maximum atomic E-state index is 11.6. The normalized spacial score (nSPS) is 15.6. The number of likely N-dealkylation sites (N-methyl/N-ethyl adjacent to an activating group) is 1. The molecular weight excluding hydrogens is 192 g/mol. The van der Waals surface area contributed by atoms with Gasteiger partial charge in [0.25, 0.3) is 0 Å². The van der Waals surface area contributed by atoms with E-state index < -0.39 is 0 Å². The number of carbonyl (C=O) groups excluding carboxylic acids is 1. The fraction of sp³-hybridized carbons (Fsp3) is 0.600. The maximum absolute atomic E-state index is 11.6. The summed E-state index contributed by atoms with van der Waals surface area (Å²) in [5, 5.41) is 9.22. The highest BCUT2D eigenvalue weighted by Gasteiger charge is 2.28. The highest BCUT2D eigenvalue weighted by atomic mass is 16.2. The SMILES string of the molecule is CCN(CC(=O)Nc1cn[nH]c1)C1CC1. The Kier molecular flexibility index (Phi) is 3.01. The van der Waals surface area contributed by atoms with Crippen LogP contribution in [0.2, 0.25) is 0 Å². The number of anilines is 1. The maximum Gasteiger partial charge on any atom is 0.238 e. The third-order valence-electron chi connectivity index (χ3n) is 2.60. The van der Waals surface area contributed by atoms with Crippen LogP contribution in [0.3, 0.4) is 0 Å². The van der Waals surface area contributed by atoms with Crippen LogP contribution < -0.4 is 5.32 Å². The van der Waals surface area contributed by atoms with Crippen molar-refractivity contribution in [3.63, 3.8) is 0 Å². The quantitative estimate of drug-likeness (QED) is 0.753. The van der Waals surface area contributed by atoms with E-state index in [0.29, 0.717) is 12.6 Å². The molecule has 1 amide bonds. The lowest BCUT2D eigenvalue weighted by molar-refractivity contribution is -0.117. The predicted molar refractivity (Wildman–Crippen MR) is 57.5 cm³/mol. The predicted octanol–water partition coefficient (Wildman–Crippen LogP) is 0.832. The molecule has 1 aliphatic carbocycles. The molecule has 0 aliphatic heterocycles. The summed E-state index contributed by atoms with van der Waals surface area (Å²) in [5.41, 5.74) is 0.729. The van der Waals surface area contributed by atoms with Crippen molar-refractivity contribution < 1.29 is 4.79 Å². The third kappa shape index (κ3) is 2.79. The van der Waals surface area contributed by atoms with E-state index in [-0.39, 0.29) is 5.91 Å². The molecule has 1 heterocycles. The number of nitrogens with one attached hydrogen (secondary N) is 2. The average Bonchev–Trinajstić information content (AvgIpc) is 2.95. The Bertz CT molecular complexity index is 318. The van der Waals surface area contributed by atoms with Gasteiger partial charge in [0.2, 0.25) is 5.91 Å². The van der Waals surface area contributed by atoms with Crippen LogP contribution in [-0.2, 0) is 4.79 Å². The number of rotatable bonds is 5. The molecule has 1 aromatic heterocycles. The summed E-state index contributed by atoms with van der Waals surface area (Å²) in [6.45, 7) is 3.50. The Morgan fingerprint density at radius 2 is 2.53 bits per heavy atom. The van der Waals surface area contributed by atoms with Crippen molar-refractivity contribution in [2.24, 2.45) is 0 Å². The average molecular weight is 208 g/mol. The molecule has 1 saturated carbocycles. The highest BCUT2D eigenvalue weighted by molar-refractivity contribution is 5.91. The second kappa shape index (κ2) is 4.44. The zero-order chi connectivity index (χ0) is 10.7. The van der Waals surface area contributed by atoms with Crippen LogP contribution >= 0.6 is 0 Å². The molecule has 0 spiro atoms. The van der Waals surface area contributed by atoms with Crippen molar-refractivity contribution >= 4 is 11.6 Å². The number of aromatic nitrogens is 2. The fourth-order valence-corrected chi connectivity index (χ4v) is 1.64. The highest BCUT2D eigenvalue weighted by Crippen LogP contribution is 2.26. The first-order valence-electron chi connectivity index (χ1n) is 5.32. The molecule has 0 saturated heterocycles. The van der Waals surface area contributed by atoms with E-state index in [0.717, 1.165) is 12.2 Å². The number of carbonyl (C=O) groups is 1. The fourth-order valence-electron chi connectivity index (χ4n) is 1.64. The van der Waals surface area contributed by atoms with Gasteiger partial charge in [0.1, 0.15) is 0 Å². The van der Waals surface area contributed by atoms with Crippen LogP contribution in [-0.4, -0.2) is 40.1 Å². The summed E-state index contributed by atoms with van der Waals surface area (Å²) in [6, 6.07) is 0.630. The van der Waals surface area contributed by atoms with Gasteiger partial charge < -0.3 is 5.32 Å². The lowest BCUT2D eigenvalue weighted by Gasteiger charge is -2.18. The second-order valence-electron chi connectivity index (χ2n) is 3.83. The van der Waals surface area contributed by atoms with Crippen molar-refractivity contribution in [1.29, 1.82) is 0 Å². The molecule has 5 heteroatoms. The first-order valence-corrected chi connectivity index (χ1v) is 5.32. The molecule has 0 bridgehead atoms. The summed E-state index contributed by atoms with van der Waals surface area (Å²) >= 11 is 0. The molecule has 0 radical (unpaired) electrons. The van der Waals surface area contributed by atoms with Gasteiger partial charge in [0.05, 0.1) is 18.4 Å². The largest absolute Gasteiger partial charge is 0.322 e. The summed E-state index contributed by atoms with van der Waals surface area (Å²) in [6.07, 6.45) is 5.73. The molecule has 0 atom stereocenters. The Balaban J connectivity index is 1.80. The number of aromatic amines is 1. The molecular formula is C10H16N4O. The molecule has 1 fully saturated rings. The first-order chi connectivity index (χ1) is 7.29. The molecule has 1 aliphatic rings. The smallest absolute Gasteiger partial charge is 0.238 e. The summed E-state index contributed by atoms with van der Waals surface area (Å²) in [5.74, 6) is 0.0325. The first kappa shape index (κ1) is 10.2. The monoisotopic (exact) mass is 208 g/mol. The van der Waals surface area contributed by atoms with E-state index in [2.05, 4.69) is 27.3 Å². The molecule has 5 nitrogen and oxygen atoms in total. The Labute approximate surface area is 88.8 Å². The minimum absolute atomic E-state index is 0.0325. The van der Waals surface area contributed by atoms with Crippen molar-refractivity contribution in [2.45, 2.75) is 25.8 Å². The Morgan fingerprint density at radius 1 is 1.73 bits per heavy atom. The van der Waals surface area contributed by atoms with Crippen LogP contribution in [0.4, 0.5) is 5.69 Å². The van der Waals surface area contributed by atoms with Gasteiger partial charge in [-0.15, -0.1) is 0 Å². The van der Waals surface area contributed by atoms with E-state index in [1.165, 1.54) is 12.8 Å². The Hall–Kier alpha value is -1.36. The van der Waals surface area contributed by atoms with Gasteiger partial charge in [-0.25, -0.2) is 0 Å². The van der Waals surface area contributed by atoms with Crippen molar-refractivity contribution in [1.82, 2.24) is 15.1 Å². The molecule has 2 N–H and O–H groups in total. The van der Waals surface area contributed by atoms with Gasteiger partial charge in [-0.3, -0.25) is 14.8 Å². The molecule has 2 rings (SSSR count). The van der Waals surface area contributed by atoms with Crippen LogP contribution in [0, 0.1) is 0 Å². The number of amides is 1. The van der Waals surface area contributed by atoms with E-state index >= 15 is 0 Å². The van der Waals surface area contributed by atoms with E-state index in [4.69, 9.17) is 0 Å². The van der Waals surface area contributed by atoms with Gasteiger partial charge in [0, 0.05) is 12.2 Å².